The average Bonchev–Trinajstić information content (AvgIpc) is 1.49. The Balaban J connectivity index is 0.000000127. The summed E-state index contributed by atoms with van der Waals surface area (Å²) in [4.78, 5) is 8.69. The van der Waals surface area contributed by atoms with Crippen LogP contribution in [0.4, 0.5) is 34.1 Å². The molecule has 4 fully saturated rings. The average molecular weight is 1800 g/mol. The number of hydrogen-bond acceptors (Lipinski definition) is 3. The summed E-state index contributed by atoms with van der Waals surface area (Å²) >= 11 is 7.32. The number of rotatable bonds is 1. The van der Waals surface area contributed by atoms with E-state index in [1.807, 2.05) is 0 Å². The molecule has 0 saturated heterocycles. The van der Waals surface area contributed by atoms with E-state index in [4.69, 9.17) is 11.6 Å². The largest absolute Gasteiger partial charge is 0.335 e. The van der Waals surface area contributed by atoms with Crippen molar-refractivity contribution in [3.05, 3.63) is 246 Å². The van der Waals surface area contributed by atoms with Crippen LogP contribution in [0.5, 0.6) is 0 Å². The molecule has 10 aromatic carbocycles. The Bertz CT molecular complexity index is 7250. The molecule has 8 heteroatoms. The Morgan fingerprint density at radius 1 is 0.296 bits per heavy atom. The van der Waals surface area contributed by atoms with Gasteiger partial charge < -0.3 is 23.8 Å². The summed E-state index contributed by atoms with van der Waals surface area (Å²) in [5.74, 6) is 0. The zero-order valence-electron chi connectivity index (χ0n) is 87.8. The van der Waals surface area contributed by atoms with Gasteiger partial charge >= 0.3 is 0 Å². The van der Waals surface area contributed by atoms with Crippen LogP contribution in [0.2, 0.25) is 5.02 Å². The molecular weight excluding hydrogens is 1650 g/mol. The Hall–Kier alpha value is -8.90. The molecule has 26 rings (SSSR count). The third kappa shape index (κ3) is 11.3. The van der Waals surface area contributed by atoms with Crippen molar-refractivity contribution in [3.8, 4) is 33.9 Å². The minimum absolute atomic E-state index is 0.00415. The smallest absolute Gasteiger partial charge is 0.252 e. The second-order valence-corrected chi connectivity index (χ2v) is 55.2. The van der Waals surface area contributed by atoms with E-state index in [9.17, 15) is 0 Å². The van der Waals surface area contributed by atoms with Gasteiger partial charge in [0, 0.05) is 111 Å². The third-order valence-corrected chi connectivity index (χ3v) is 40.7. The van der Waals surface area contributed by atoms with Gasteiger partial charge in [-0.05, 0) is 281 Å². The first kappa shape index (κ1) is 88.8. The lowest BCUT2D eigenvalue weighted by Crippen LogP contribution is -2.64. The van der Waals surface area contributed by atoms with Gasteiger partial charge in [0.25, 0.3) is 13.4 Å². The maximum Gasteiger partial charge on any atom is 0.252 e. The highest BCUT2D eigenvalue weighted by atomic mass is 35.5. The van der Waals surface area contributed by atoms with E-state index in [1.54, 1.807) is 27.8 Å². The van der Waals surface area contributed by atoms with E-state index in [0.29, 0.717) is 10.8 Å². The van der Waals surface area contributed by atoms with Crippen molar-refractivity contribution in [1.29, 1.82) is 0 Å². The van der Waals surface area contributed by atoms with Crippen LogP contribution in [0, 0.1) is 5.41 Å². The highest BCUT2D eigenvalue weighted by Crippen LogP contribution is 2.69. The molecule has 4 saturated carbocycles. The maximum atomic E-state index is 7.32. The predicted molar refractivity (Wildman–Crippen MR) is 581 cm³/mol. The van der Waals surface area contributed by atoms with E-state index in [2.05, 4.69) is 389 Å². The van der Waals surface area contributed by atoms with Gasteiger partial charge in [-0.2, -0.15) is 0 Å². The van der Waals surface area contributed by atoms with Crippen molar-refractivity contribution in [2.24, 2.45) is 5.41 Å². The molecule has 0 N–H and O–H groups in total. The topological polar surface area (TPSA) is 19.6 Å². The normalized spacial score (nSPS) is 26.9. The van der Waals surface area contributed by atoms with Crippen LogP contribution in [0.1, 0.15) is 394 Å². The van der Waals surface area contributed by atoms with Gasteiger partial charge in [0.15, 0.2) is 0 Å². The summed E-state index contributed by atoms with van der Waals surface area (Å²) in [6.07, 6.45) is 21.8. The highest BCUT2D eigenvalue weighted by Gasteiger charge is 2.66. The second-order valence-electron chi connectivity index (χ2n) is 54.8. The first-order valence-corrected chi connectivity index (χ1v) is 53.2. The lowest BCUT2D eigenvalue weighted by atomic mass is 9.33. The van der Waals surface area contributed by atoms with Crippen LogP contribution in [0.25, 0.3) is 55.7 Å². The van der Waals surface area contributed by atoms with Gasteiger partial charge in [-0.1, -0.05) is 365 Å². The Morgan fingerprint density at radius 2 is 0.644 bits per heavy atom. The van der Waals surface area contributed by atoms with E-state index in [-0.39, 0.29) is 89.6 Å². The first-order chi connectivity index (χ1) is 63.1. The van der Waals surface area contributed by atoms with E-state index in [1.165, 1.54) is 287 Å². The monoisotopic (exact) mass is 1800 g/mol. The van der Waals surface area contributed by atoms with Gasteiger partial charge in [-0.25, -0.2) is 0 Å². The third-order valence-electron chi connectivity index (χ3n) is 40.4. The van der Waals surface area contributed by atoms with Crippen LogP contribution in [0.15, 0.2) is 158 Å². The van der Waals surface area contributed by atoms with Crippen LogP contribution in [0.3, 0.4) is 0 Å². The number of hydrogen-bond donors (Lipinski definition) is 0. The number of anilines is 6. The molecule has 8 unspecified atom stereocenters. The molecule has 0 bridgehead atoms. The molecular formula is C127H150B2ClN5. The van der Waals surface area contributed by atoms with Gasteiger partial charge in [0.1, 0.15) is 0 Å². The number of fused-ring (bicyclic) bond motifs is 30. The van der Waals surface area contributed by atoms with E-state index < -0.39 is 0 Å². The molecule has 12 aromatic rings. The number of benzene rings is 10. The molecule has 14 aliphatic rings. The summed E-state index contributed by atoms with van der Waals surface area (Å²) in [5, 5.41) is 3.68. The molecule has 7 aliphatic heterocycles. The fraction of sp³-hybridized carbons (Fsp3) is 0.496. The molecule has 0 spiro atoms. The molecule has 0 amide bonds. The molecule has 7 aliphatic carbocycles. The summed E-state index contributed by atoms with van der Waals surface area (Å²) in [7, 11) is 0. The maximum absolute atomic E-state index is 7.32. The van der Waals surface area contributed by atoms with Crippen molar-refractivity contribution in [2.45, 2.75) is 398 Å². The lowest BCUT2D eigenvalue weighted by molar-refractivity contribution is 0.109. The van der Waals surface area contributed by atoms with Crippen molar-refractivity contribution in [2.75, 3.05) is 14.7 Å². The van der Waals surface area contributed by atoms with Gasteiger partial charge in [-0.15, -0.1) is 0 Å². The minimum atomic E-state index is -0.154. The molecule has 135 heavy (non-hydrogen) atoms. The first-order valence-electron chi connectivity index (χ1n) is 52.9. The number of nitrogens with zero attached hydrogens (tertiary/aromatic N) is 5. The predicted octanol–water partition coefficient (Wildman–Crippen LogP) is 29.9. The summed E-state index contributed by atoms with van der Waals surface area (Å²) in [6.45, 7) is 74.0. The van der Waals surface area contributed by atoms with Crippen LogP contribution in [-0.4, -0.2) is 39.2 Å². The Morgan fingerprint density at radius 3 is 1.10 bits per heavy atom. The molecule has 9 heterocycles. The molecule has 8 atom stereocenters. The van der Waals surface area contributed by atoms with Gasteiger partial charge in [0.05, 0.1) is 28.0 Å². The summed E-state index contributed by atoms with van der Waals surface area (Å²) < 4.78 is 5.48. The van der Waals surface area contributed by atoms with Gasteiger partial charge in [-0.3, -0.25) is 0 Å². The lowest BCUT2D eigenvalue weighted by Gasteiger charge is -2.53. The number of halogens is 1. The standard InChI is InChI=1S/C63H74BN3.C45H48BClN2.C19H28/c1-56(2,3)37-24-25-48-44(31-37)60(12)26-18-20-28-62(60,14)66(48)40-35-49-52-50(36-40)67-55-45(61(13)27-19-21-29-63(61,67)15)32-39(58(7,8)9)34-47(55)64(52)46-33-38(57(4,5)6)30-42-51-54(65(49)53(42)46)41-22-16-17-23-43(41)59(51,10)11;1-41(2,3)25-19-29-36-39(28-15-11-12-16-30(28)43(36,7)8)48-34-23-27(47)24-35-37(34)46(32(21-25)38(29)48)33-22-26(42(4,5)6)20-31-40(33)49(35)45(10)18-14-13-17-44(31,45)9;1-17(2,3)15-9-8-14-13-18(4)10-6-7-11-19(18,5)16(14)12-15/h16-17,22-25,30-36H,18-21,26-29H2,1-15H3;11-12,15-16,19-24H,13-14,17-18H2,1-10H3;8-9,12H,6-7,10-11,13H2,1-5H3. The van der Waals surface area contributed by atoms with Crippen LogP contribution < -0.4 is 47.5 Å². The van der Waals surface area contributed by atoms with Crippen molar-refractivity contribution in [3.63, 3.8) is 0 Å². The fourth-order valence-electron chi connectivity index (χ4n) is 31.6. The molecule has 696 valence electrons. The SMILES string of the molecule is CC(C)(C)c1cc2c3c(c1)C1(C)CCCCC1(C)N3c1cc(Cl)cc3c1B2c1cc(C(C)(C)C)cc2c4c(n-3c12)-c1ccccc1C4(C)C.CC(C)(C)c1ccc2c(c1)C1(C)CCCCC1(C)C2.CC(C)(C)c1ccc2c(c1)C1(C)CCCCC1(C)N2c1cc2c3c(c1)-n1c4c(c5cc(C(C)(C)C)cc(c51)B3c1cc(C(C)(C)C)cc3c1N2C1(C)CCCCC31C)C(C)(C)c1ccccc1-4. The van der Waals surface area contributed by atoms with Crippen molar-refractivity contribution in [1.82, 2.24) is 9.13 Å². The fourth-order valence-corrected chi connectivity index (χ4v) is 31.9. The van der Waals surface area contributed by atoms with E-state index in [0.717, 1.165) is 5.02 Å². The number of aromatic nitrogens is 2. The van der Waals surface area contributed by atoms with Gasteiger partial charge in [0.2, 0.25) is 0 Å². The molecule has 0 radical (unpaired) electrons. The quantitative estimate of drug-likeness (QED) is 0.153. The Labute approximate surface area is 815 Å². The van der Waals surface area contributed by atoms with Crippen LogP contribution >= 0.6 is 11.6 Å². The molecule has 5 nitrogen and oxygen atoms in total. The van der Waals surface area contributed by atoms with Crippen molar-refractivity contribution < 1.29 is 0 Å². The highest BCUT2D eigenvalue weighted by molar-refractivity contribution is 7.01. The summed E-state index contributed by atoms with van der Waals surface area (Å²) in [6, 6.07) is 64.6. The molecule has 2 aromatic heterocycles. The zero-order chi connectivity index (χ0) is 95.4. The van der Waals surface area contributed by atoms with Crippen molar-refractivity contribution >= 4 is 114 Å². The van der Waals surface area contributed by atoms with E-state index >= 15 is 0 Å². The Kier molecular flexibility index (Phi) is 18.0. The zero-order valence-corrected chi connectivity index (χ0v) is 88.6. The minimum Gasteiger partial charge on any atom is -0.335 e. The van der Waals surface area contributed by atoms with Crippen LogP contribution in [-0.2, 0) is 71.4 Å². The summed E-state index contributed by atoms with van der Waals surface area (Å²) in [5.41, 5.74) is 52.0. The second kappa shape index (κ2) is 27.4.